The number of thiazole rings is 1. The van der Waals surface area contributed by atoms with Gasteiger partial charge >= 0.3 is 5.97 Å². The van der Waals surface area contributed by atoms with Crippen molar-refractivity contribution in [3.63, 3.8) is 0 Å². The lowest BCUT2D eigenvalue weighted by Gasteiger charge is -2.23. The third-order valence-electron chi connectivity index (χ3n) is 6.94. The molecular weight excluding hydrogens is 567 g/mol. The molecule has 1 fully saturated rings. The molecule has 0 radical (unpaired) electrons. The van der Waals surface area contributed by atoms with Crippen LogP contribution in [0.2, 0.25) is 5.02 Å². The third kappa shape index (κ3) is 5.74. The van der Waals surface area contributed by atoms with E-state index >= 15 is 0 Å². The maximum atomic E-state index is 13.4. The highest BCUT2D eigenvalue weighted by atomic mass is 35.5. The van der Waals surface area contributed by atoms with Gasteiger partial charge < -0.3 is 30.5 Å². The summed E-state index contributed by atoms with van der Waals surface area (Å²) in [5.74, 6) is -2.75. The average Bonchev–Trinajstić information content (AvgIpc) is 3.56. The van der Waals surface area contributed by atoms with Gasteiger partial charge in [0.2, 0.25) is 5.91 Å². The zero-order valence-corrected chi connectivity index (χ0v) is 23.6. The van der Waals surface area contributed by atoms with Crippen molar-refractivity contribution in [3.8, 4) is 0 Å². The fraction of sp³-hybridized carbons (Fsp3) is 0.400. The Morgan fingerprint density at radius 2 is 2.03 bits per heavy atom. The SMILES string of the molecule is CCC(C(=O)O)N1C[C@@H](NC(=O)c2nc3c(s2)CN(C)CC3)[C@H](NC(=O)c2cc3cc(Cl)ccc3[nH]2)C1=O.Cl. The summed E-state index contributed by atoms with van der Waals surface area (Å²) in [5.41, 5.74) is 1.79. The molecule has 39 heavy (non-hydrogen) atoms. The van der Waals surface area contributed by atoms with Crippen molar-refractivity contribution >= 4 is 69.9 Å². The summed E-state index contributed by atoms with van der Waals surface area (Å²) in [6, 6.07) is 3.66. The Labute approximate surface area is 239 Å². The molecule has 2 aliphatic heterocycles. The Balaban J connectivity index is 0.00000353. The molecule has 208 valence electrons. The number of aromatic nitrogens is 2. The van der Waals surface area contributed by atoms with E-state index in [0.29, 0.717) is 17.1 Å². The van der Waals surface area contributed by atoms with Gasteiger partial charge in [-0.05, 0) is 37.7 Å². The lowest BCUT2D eigenvalue weighted by Crippen LogP contribution is -2.52. The lowest BCUT2D eigenvalue weighted by molar-refractivity contribution is -0.148. The molecule has 4 N–H and O–H groups in total. The molecule has 1 saturated heterocycles. The van der Waals surface area contributed by atoms with E-state index < -0.39 is 41.8 Å². The molecule has 0 spiro atoms. The van der Waals surface area contributed by atoms with Crippen LogP contribution in [-0.2, 0) is 22.6 Å². The largest absolute Gasteiger partial charge is 0.480 e. The summed E-state index contributed by atoms with van der Waals surface area (Å²) in [4.78, 5) is 63.4. The van der Waals surface area contributed by atoms with Crippen LogP contribution in [0.25, 0.3) is 10.9 Å². The van der Waals surface area contributed by atoms with Gasteiger partial charge in [0, 0.05) is 46.9 Å². The van der Waals surface area contributed by atoms with Gasteiger partial charge in [-0.2, -0.15) is 0 Å². The van der Waals surface area contributed by atoms with E-state index in [1.807, 2.05) is 7.05 Å². The number of hydrogen-bond donors (Lipinski definition) is 4. The topological polar surface area (TPSA) is 148 Å². The van der Waals surface area contributed by atoms with Crippen molar-refractivity contribution in [2.45, 2.75) is 44.4 Å². The number of aromatic amines is 1. The normalized spacial score (nSPS) is 19.9. The van der Waals surface area contributed by atoms with E-state index in [9.17, 15) is 24.3 Å². The first-order valence-electron chi connectivity index (χ1n) is 12.2. The maximum Gasteiger partial charge on any atom is 0.326 e. The molecule has 11 nitrogen and oxygen atoms in total. The first-order chi connectivity index (χ1) is 18.1. The molecule has 5 rings (SSSR count). The number of carbonyl (C=O) groups excluding carboxylic acids is 3. The number of H-pyrrole nitrogens is 1. The molecule has 3 aromatic rings. The van der Waals surface area contributed by atoms with Gasteiger partial charge in [0.05, 0.1) is 11.7 Å². The summed E-state index contributed by atoms with van der Waals surface area (Å²) in [7, 11) is 2.00. The Morgan fingerprint density at radius 3 is 2.74 bits per heavy atom. The molecule has 0 saturated carbocycles. The average molecular weight is 596 g/mol. The highest BCUT2D eigenvalue weighted by Crippen LogP contribution is 2.26. The Kier molecular flexibility index (Phi) is 8.50. The summed E-state index contributed by atoms with van der Waals surface area (Å²) < 4.78 is 0. The zero-order chi connectivity index (χ0) is 27.1. The number of carbonyl (C=O) groups is 4. The Bertz CT molecular complexity index is 1440. The molecule has 2 aromatic heterocycles. The smallest absolute Gasteiger partial charge is 0.326 e. The molecule has 0 bridgehead atoms. The van der Waals surface area contributed by atoms with Crippen LogP contribution < -0.4 is 10.6 Å². The van der Waals surface area contributed by atoms with E-state index in [2.05, 4.69) is 25.5 Å². The Morgan fingerprint density at radius 1 is 1.26 bits per heavy atom. The second kappa shape index (κ2) is 11.5. The van der Waals surface area contributed by atoms with Gasteiger partial charge in [-0.25, -0.2) is 9.78 Å². The number of likely N-dealkylation sites (tertiary alicyclic amines) is 1. The number of amides is 3. The van der Waals surface area contributed by atoms with Crippen molar-refractivity contribution in [2.75, 3.05) is 20.1 Å². The molecule has 0 aliphatic carbocycles. The lowest BCUT2D eigenvalue weighted by atomic mass is 10.1. The van der Waals surface area contributed by atoms with Crippen LogP contribution in [0.5, 0.6) is 0 Å². The Hall–Kier alpha value is -3.19. The number of halogens is 2. The summed E-state index contributed by atoms with van der Waals surface area (Å²) in [6.07, 6.45) is 0.925. The monoisotopic (exact) mass is 594 g/mol. The zero-order valence-electron chi connectivity index (χ0n) is 21.2. The van der Waals surface area contributed by atoms with Crippen LogP contribution in [0.3, 0.4) is 0 Å². The summed E-state index contributed by atoms with van der Waals surface area (Å²) in [6.45, 7) is 3.17. The van der Waals surface area contributed by atoms with Crippen LogP contribution in [0.15, 0.2) is 24.3 Å². The van der Waals surface area contributed by atoms with Crippen molar-refractivity contribution < 1.29 is 24.3 Å². The van der Waals surface area contributed by atoms with Gasteiger partial charge in [0.25, 0.3) is 11.8 Å². The highest BCUT2D eigenvalue weighted by molar-refractivity contribution is 7.13. The second-order valence-electron chi connectivity index (χ2n) is 9.58. The number of benzene rings is 1. The number of nitrogens with zero attached hydrogens (tertiary/aromatic N) is 3. The molecule has 4 heterocycles. The molecule has 3 atom stereocenters. The number of carboxylic acids is 1. The van der Waals surface area contributed by atoms with Gasteiger partial charge in [-0.15, -0.1) is 23.7 Å². The molecule has 1 aromatic carbocycles. The predicted molar refractivity (Wildman–Crippen MR) is 149 cm³/mol. The third-order valence-corrected chi connectivity index (χ3v) is 8.26. The van der Waals surface area contributed by atoms with E-state index in [1.54, 1.807) is 31.2 Å². The quantitative estimate of drug-likeness (QED) is 0.328. The molecular formula is C25H28Cl2N6O5S. The number of carboxylic acid groups (broad SMARTS) is 1. The van der Waals surface area contributed by atoms with Gasteiger partial charge in [0.1, 0.15) is 17.8 Å². The minimum absolute atomic E-state index is 0. The number of rotatable bonds is 7. The van der Waals surface area contributed by atoms with E-state index in [0.717, 1.165) is 28.9 Å². The number of nitrogens with one attached hydrogen (secondary N) is 3. The molecule has 14 heteroatoms. The summed E-state index contributed by atoms with van der Waals surface area (Å²) in [5, 5.41) is 16.7. The van der Waals surface area contributed by atoms with Crippen LogP contribution in [0, 0.1) is 0 Å². The van der Waals surface area contributed by atoms with E-state index in [-0.39, 0.29) is 36.1 Å². The van der Waals surface area contributed by atoms with Crippen molar-refractivity contribution in [3.05, 3.63) is 50.6 Å². The van der Waals surface area contributed by atoms with Crippen LogP contribution in [0.1, 0.15) is 44.2 Å². The fourth-order valence-corrected chi connectivity index (χ4v) is 6.23. The first kappa shape index (κ1) is 28.8. The van der Waals surface area contributed by atoms with Gasteiger partial charge in [0.15, 0.2) is 5.01 Å². The van der Waals surface area contributed by atoms with Crippen molar-refractivity contribution in [2.24, 2.45) is 0 Å². The van der Waals surface area contributed by atoms with Crippen LogP contribution in [0.4, 0.5) is 0 Å². The number of aliphatic carboxylic acids is 1. The number of fused-ring (bicyclic) bond motifs is 2. The first-order valence-corrected chi connectivity index (χ1v) is 13.4. The van der Waals surface area contributed by atoms with Gasteiger partial charge in [-0.1, -0.05) is 18.5 Å². The van der Waals surface area contributed by atoms with E-state index in [1.165, 1.54) is 16.2 Å². The molecule has 1 unspecified atom stereocenters. The standard InChI is InChI=1S/C25H27ClN6O5S.ClH/c1-3-18(25(36)37)32-10-17(28-22(34)23-29-15-6-7-31(2)11-19(15)38-23)20(24(32)35)30-21(33)16-9-12-8-13(26)4-5-14(12)27-16;/h4-5,8-9,17-18,20,27H,3,6-7,10-11H2,1-2H3,(H,28,34)(H,30,33)(H,36,37);1H/t17-,18?,20+;/m1./s1. The minimum atomic E-state index is -1.16. The van der Waals surface area contributed by atoms with Crippen molar-refractivity contribution in [1.82, 2.24) is 30.4 Å². The summed E-state index contributed by atoms with van der Waals surface area (Å²) >= 11 is 7.35. The van der Waals surface area contributed by atoms with Gasteiger partial charge in [-0.3, -0.25) is 14.4 Å². The maximum absolute atomic E-state index is 13.4. The number of likely N-dealkylation sites (N-methyl/N-ethyl adjacent to an activating group) is 1. The minimum Gasteiger partial charge on any atom is -0.480 e. The molecule has 2 aliphatic rings. The predicted octanol–water partition coefficient (Wildman–Crippen LogP) is 2.29. The highest BCUT2D eigenvalue weighted by Gasteiger charge is 2.46. The van der Waals surface area contributed by atoms with E-state index in [4.69, 9.17) is 11.6 Å². The van der Waals surface area contributed by atoms with Crippen LogP contribution >= 0.6 is 35.3 Å². The number of hydrogen-bond acceptors (Lipinski definition) is 7. The second-order valence-corrected chi connectivity index (χ2v) is 11.1. The fourth-order valence-electron chi connectivity index (χ4n) is 4.95. The van der Waals surface area contributed by atoms with Crippen LogP contribution in [-0.4, -0.2) is 86.8 Å². The van der Waals surface area contributed by atoms with Crippen molar-refractivity contribution in [1.29, 1.82) is 0 Å². The molecule has 3 amide bonds.